The summed E-state index contributed by atoms with van der Waals surface area (Å²) in [4.78, 5) is 12.1. The van der Waals surface area contributed by atoms with E-state index in [4.69, 9.17) is 17.3 Å². The predicted octanol–water partition coefficient (Wildman–Crippen LogP) is 2.33. The number of carbonyl (C=O) groups is 1. The van der Waals surface area contributed by atoms with E-state index in [1.54, 1.807) is 10.7 Å². The van der Waals surface area contributed by atoms with Gasteiger partial charge >= 0.3 is 0 Å². The second kappa shape index (κ2) is 7.45. The molecule has 0 unspecified atom stereocenters. The number of carbonyl (C=O) groups excluding carboxylic acids is 1. The highest BCUT2D eigenvalue weighted by Crippen LogP contribution is 2.21. The van der Waals surface area contributed by atoms with Gasteiger partial charge in [-0.1, -0.05) is 23.7 Å². The van der Waals surface area contributed by atoms with Gasteiger partial charge in [-0.3, -0.25) is 4.79 Å². The summed E-state index contributed by atoms with van der Waals surface area (Å²) < 4.78 is 1.66. The molecular formula is C14H18Cl2N4O. The number of nitrogens with one attached hydrogen (secondary N) is 1. The van der Waals surface area contributed by atoms with Crippen LogP contribution in [0, 0.1) is 6.92 Å². The van der Waals surface area contributed by atoms with Crippen LogP contribution in [-0.2, 0) is 0 Å². The van der Waals surface area contributed by atoms with Crippen LogP contribution in [0.2, 0.25) is 5.02 Å². The maximum absolute atomic E-state index is 12.1. The van der Waals surface area contributed by atoms with Gasteiger partial charge in [-0.15, -0.1) is 12.4 Å². The minimum Gasteiger partial charge on any atom is -0.348 e. The van der Waals surface area contributed by atoms with Gasteiger partial charge in [0.2, 0.25) is 0 Å². The maximum atomic E-state index is 12.1. The van der Waals surface area contributed by atoms with Crippen LogP contribution in [0.15, 0.2) is 30.5 Å². The number of nitrogens with two attached hydrogens (primary N) is 1. The summed E-state index contributed by atoms with van der Waals surface area (Å²) in [5, 5.41) is 7.64. The largest absolute Gasteiger partial charge is 0.348 e. The van der Waals surface area contributed by atoms with E-state index in [1.165, 1.54) is 6.20 Å². The Kier molecular flexibility index (Phi) is 6.20. The van der Waals surface area contributed by atoms with E-state index in [-0.39, 0.29) is 24.4 Å². The van der Waals surface area contributed by atoms with Gasteiger partial charge in [0.15, 0.2) is 0 Å². The lowest BCUT2D eigenvalue weighted by molar-refractivity contribution is 0.0940. The van der Waals surface area contributed by atoms with E-state index in [9.17, 15) is 4.79 Å². The molecule has 0 radical (unpaired) electrons. The Morgan fingerprint density at radius 3 is 2.76 bits per heavy atom. The molecule has 3 N–H and O–H groups in total. The van der Waals surface area contributed by atoms with Gasteiger partial charge in [-0.2, -0.15) is 5.10 Å². The first-order chi connectivity index (χ1) is 9.54. The normalized spacial score (nSPS) is 11.6. The Morgan fingerprint density at radius 2 is 2.14 bits per heavy atom. The van der Waals surface area contributed by atoms with Gasteiger partial charge in [-0.25, -0.2) is 4.68 Å². The van der Waals surface area contributed by atoms with Crippen molar-refractivity contribution in [2.75, 3.05) is 6.54 Å². The Balaban J connectivity index is 0.00000220. The van der Waals surface area contributed by atoms with Crippen LogP contribution in [0.5, 0.6) is 0 Å². The molecule has 0 spiro atoms. The van der Waals surface area contributed by atoms with Crippen molar-refractivity contribution in [1.29, 1.82) is 0 Å². The minimum absolute atomic E-state index is 0. The average Bonchev–Trinajstić information content (AvgIpc) is 2.81. The van der Waals surface area contributed by atoms with Crippen molar-refractivity contribution in [2.45, 2.75) is 19.9 Å². The highest BCUT2D eigenvalue weighted by Gasteiger charge is 2.17. The Morgan fingerprint density at radius 1 is 1.48 bits per heavy atom. The molecule has 0 aliphatic heterocycles. The molecule has 0 bridgehead atoms. The summed E-state index contributed by atoms with van der Waals surface area (Å²) in [6.45, 7) is 4.08. The van der Waals surface area contributed by atoms with E-state index in [0.29, 0.717) is 17.1 Å². The Bertz CT molecular complexity index is 627. The molecule has 1 aromatic heterocycles. The Hall–Kier alpha value is -1.56. The van der Waals surface area contributed by atoms with E-state index in [1.807, 2.05) is 32.0 Å². The second-order valence-electron chi connectivity index (χ2n) is 4.62. The van der Waals surface area contributed by atoms with Crippen LogP contribution < -0.4 is 11.1 Å². The monoisotopic (exact) mass is 328 g/mol. The molecule has 1 heterocycles. The van der Waals surface area contributed by atoms with Gasteiger partial charge in [0.25, 0.3) is 5.91 Å². The molecule has 21 heavy (non-hydrogen) atoms. The molecule has 2 rings (SSSR count). The number of hydrogen-bond acceptors (Lipinski definition) is 3. The molecule has 0 aliphatic rings. The third-order valence-corrected chi connectivity index (χ3v) is 3.39. The zero-order valence-corrected chi connectivity index (χ0v) is 13.4. The number of hydrogen-bond donors (Lipinski definition) is 2. The minimum atomic E-state index is -0.182. The zero-order valence-electron chi connectivity index (χ0n) is 11.8. The van der Waals surface area contributed by atoms with Crippen molar-refractivity contribution in [3.05, 3.63) is 46.7 Å². The third-order valence-electron chi connectivity index (χ3n) is 3.07. The van der Waals surface area contributed by atoms with E-state index < -0.39 is 0 Å². The number of benzene rings is 1. The molecule has 5 nitrogen and oxygen atoms in total. The van der Waals surface area contributed by atoms with Crippen molar-refractivity contribution in [3.63, 3.8) is 0 Å². The molecule has 7 heteroatoms. The molecule has 1 aromatic carbocycles. The third kappa shape index (κ3) is 3.75. The van der Waals surface area contributed by atoms with Crippen molar-refractivity contribution in [3.8, 4) is 5.69 Å². The van der Waals surface area contributed by atoms with Crippen LogP contribution in [0.4, 0.5) is 0 Å². The van der Waals surface area contributed by atoms with Gasteiger partial charge in [-0.05, 0) is 26.0 Å². The topological polar surface area (TPSA) is 72.9 Å². The van der Waals surface area contributed by atoms with Gasteiger partial charge in [0.05, 0.1) is 28.2 Å². The number of nitrogens with zero attached hydrogens (tertiary/aromatic N) is 2. The molecule has 0 fully saturated rings. The van der Waals surface area contributed by atoms with E-state index in [2.05, 4.69) is 10.4 Å². The van der Waals surface area contributed by atoms with E-state index >= 15 is 0 Å². The molecular weight excluding hydrogens is 311 g/mol. The summed E-state index contributed by atoms with van der Waals surface area (Å²) in [5.41, 5.74) is 7.50. The van der Waals surface area contributed by atoms with Crippen LogP contribution in [0.3, 0.4) is 0 Å². The standard InChI is InChI=1S/C14H17ClN4O.ClH/c1-9(7-16)18-14(20)11-8-17-19(10(11)2)13-6-4-3-5-12(13)15;/h3-6,8-9H,7,16H2,1-2H3,(H,18,20);1H/t9-;/m0./s1. The van der Waals surface area contributed by atoms with Crippen molar-refractivity contribution < 1.29 is 4.79 Å². The highest BCUT2D eigenvalue weighted by molar-refractivity contribution is 6.32. The molecule has 2 aromatic rings. The fourth-order valence-electron chi connectivity index (χ4n) is 1.86. The van der Waals surface area contributed by atoms with Crippen LogP contribution in [0.25, 0.3) is 5.69 Å². The molecule has 1 atom stereocenters. The first kappa shape index (κ1) is 17.5. The lowest BCUT2D eigenvalue weighted by atomic mass is 10.2. The number of amides is 1. The van der Waals surface area contributed by atoms with Gasteiger partial charge in [0, 0.05) is 12.6 Å². The number of aromatic nitrogens is 2. The smallest absolute Gasteiger partial charge is 0.255 e. The lowest BCUT2D eigenvalue weighted by Crippen LogP contribution is -2.37. The van der Waals surface area contributed by atoms with Crippen LogP contribution in [0.1, 0.15) is 23.0 Å². The Labute approximate surface area is 134 Å². The summed E-state index contributed by atoms with van der Waals surface area (Å²) in [6, 6.07) is 7.28. The highest BCUT2D eigenvalue weighted by atomic mass is 35.5. The predicted molar refractivity (Wildman–Crippen MR) is 86.5 cm³/mol. The molecule has 114 valence electrons. The summed E-state index contributed by atoms with van der Waals surface area (Å²) in [7, 11) is 0. The lowest BCUT2D eigenvalue weighted by Gasteiger charge is -2.11. The fourth-order valence-corrected chi connectivity index (χ4v) is 2.08. The van der Waals surface area contributed by atoms with Gasteiger partial charge in [0.1, 0.15) is 0 Å². The van der Waals surface area contributed by atoms with Crippen molar-refractivity contribution in [1.82, 2.24) is 15.1 Å². The van der Waals surface area contributed by atoms with Crippen LogP contribution in [-0.4, -0.2) is 28.3 Å². The summed E-state index contributed by atoms with van der Waals surface area (Å²) in [6.07, 6.45) is 1.54. The quantitative estimate of drug-likeness (QED) is 0.904. The zero-order chi connectivity index (χ0) is 14.7. The fraction of sp³-hybridized carbons (Fsp3) is 0.286. The van der Waals surface area contributed by atoms with Crippen molar-refractivity contribution >= 4 is 29.9 Å². The SMILES string of the molecule is Cc1c(C(=O)N[C@@H](C)CN)cnn1-c1ccccc1Cl.Cl. The van der Waals surface area contributed by atoms with E-state index in [0.717, 1.165) is 11.4 Å². The number of rotatable bonds is 4. The summed E-state index contributed by atoms with van der Waals surface area (Å²) >= 11 is 6.15. The molecule has 1 amide bonds. The van der Waals surface area contributed by atoms with Gasteiger partial charge < -0.3 is 11.1 Å². The van der Waals surface area contributed by atoms with Crippen molar-refractivity contribution in [2.24, 2.45) is 5.73 Å². The number of halogens is 2. The second-order valence-corrected chi connectivity index (χ2v) is 5.02. The molecule has 0 saturated carbocycles. The first-order valence-electron chi connectivity index (χ1n) is 6.35. The van der Waals surface area contributed by atoms with Crippen LogP contribution >= 0.6 is 24.0 Å². The first-order valence-corrected chi connectivity index (χ1v) is 6.73. The molecule has 0 aliphatic carbocycles. The maximum Gasteiger partial charge on any atom is 0.255 e. The number of para-hydroxylation sites is 1. The average molecular weight is 329 g/mol. The summed E-state index contributed by atoms with van der Waals surface area (Å²) in [5.74, 6) is -0.182. The molecule has 0 saturated heterocycles.